The van der Waals surface area contributed by atoms with Crippen molar-refractivity contribution in [3.8, 4) is 22.7 Å². The van der Waals surface area contributed by atoms with E-state index in [9.17, 15) is 0 Å². The number of aromatic nitrogens is 4. The minimum atomic E-state index is 0.521. The maximum atomic E-state index is 6.89. The zero-order valence-electron chi connectivity index (χ0n) is 26.6. The topological polar surface area (TPSA) is 19.7 Å². The van der Waals surface area contributed by atoms with Gasteiger partial charge in [0.15, 0.2) is 0 Å². The first-order valence-corrected chi connectivity index (χ1v) is 16.4. The number of nitrogens with zero attached hydrogens (tertiary/aromatic N) is 4. The third-order valence-corrected chi connectivity index (χ3v) is 8.35. The molecule has 7 aromatic rings. The van der Waals surface area contributed by atoms with Crippen molar-refractivity contribution in [2.45, 2.75) is 0 Å². The Morgan fingerprint density at radius 3 is 0.920 bits per heavy atom. The second-order valence-electron chi connectivity index (χ2n) is 10.9. The van der Waals surface area contributed by atoms with E-state index in [-0.39, 0.29) is 0 Å². The van der Waals surface area contributed by atoms with Crippen LogP contribution in [0.15, 0.2) is 158 Å². The van der Waals surface area contributed by atoms with Crippen LogP contribution in [0.2, 0.25) is 10.0 Å². The van der Waals surface area contributed by atoms with Gasteiger partial charge in [0, 0.05) is 49.1 Å². The van der Waals surface area contributed by atoms with Gasteiger partial charge in [-0.15, -0.1) is 0 Å². The Labute approximate surface area is 301 Å². The molecule has 50 heavy (non-hydrogen) atoms. The first-order chi connectivity index (χ1) is 24.7. The smallest absolute Gasteiger partial charge is 0.0753 e. The van der Waals surface area contributed by atoms with Gasteiger partial charge in [0.05, 0.1) is 54.9 Å². The number of rotatable bonds is 4. The van der Waals surface area contributed by atoms with Gasteiger partial charge < -0.3 is 0 Å². The van der Waals surface area contributed by atoms with E-state index >= 15 is 0 Å². The summed E-state index contributed by atoms with van der Waals surface area (Å²) in [6, 6.07) is 63.3. The Hall–Kier alpha value is -6.66. The van der Waals surface area contributed by atoms with Gasteiger partial charge in [-0.1, -0.05) is 96.0 Å². The Morgan fingerprint density at radius 2 is 0.600 bits per heavy atom. The highest BCUT2D eigenvalue weighted by Crippen LogP contribution is 2.24. The summed E-state index contributed by atoms with van der Waals surface area (Å²) in [6.45, 7) is 0. The normalized spacial score (nSPS) is 9.96. The molecule has 1 heterocycles. The van der Waals surface area contributed by atoms with Gasteiger partial charge in [0.25, 0.3) is 0 Å². The molecule has 6 heteroatoms. The summed E-state index contributed by atoms with van der Waals surface area (Å²) in [4.78, 5) is 0. The fourth-order valence-corrected chi connectivity index (χ4v) is 5.75. The second kappa shape index (κ2) is 15.0. The van der Waals surface area contributed by atoms with Crippen molar-refractivity contribution >= 4 is 45.3 Å². The van der Waals surface area contributed by atoms with Crippen LogP contribution in [-0.4, -0.2) is 18.3 Å². The first kappa shape index (κ1) is 31.9. The van der Waals surface area contributed by atoms with Crippen LogP contribution in [0, 0.1) is 49.1 Å². The molecule has 0 saturated heterocycles. The van der Waals surface area contributed by atoms with Crippen LogP contribution in [0.1, 0.15) is 0 Å². The minimum Gasteiger partial charge on any atom is -0.269 e. The zero-order valence-corrected chi connectivity index (χ0v) is 28.1. The summed E-state index contributed by atoms with van der Waals surface area (Å²) in [5.74, 6) is 0. The highest BCUT2D eigenvalue weighted by atomic mass is 35.5. The van der Waals surface area contributed by atoms with Gasteiger partial charge in [-0.3, -0.25) is 18.3 Å². The molecule has 236 valence electrons. The van der Waals surface area contributed by atoms with Crippen molar-refractivity contribution in [1.29, 1.82) is 0 Å². The Morgan fingerprint density at radius 1 is 0.320 bits per heavy atom. The highest BCUT2D eigenvalue weighted by molar-refractivity contribution is 6.34. The van der Waals surface area contributed by atoms with E-state index < -0.39 is 0 Å². The molecule has 0 aliphatic heterocycles. The summed E-state index contributed by atoms with van der Waals surface area (Å²) in [7, 11) is 0. The first-order valence-electron chi connectivity index (χ1n) is 15.7. The van der Waals surface area contributed by atoms with Gasteiger partial charge in [-0.05, 0) is 84.9 Å². The third-order valence-electron chi connectivity index (χ3n) is 7.71. The lowest BCUT2D eigenvalue weighted by Crippen LogP contribution is -1.97. The lowest BCUT2D eigenvalue weighted by molar-refractivity contribution is 1.09. The molecule has 0 saturated carbocycles. The average molecular weight is 682 g/mol. The number of hydrogen-bond donors (Lipinski definition) is 0. The van der Waals surface area contributed by atoms with Crippen molar-refractivity contribution < 1.29 is 0 Å². The number of halogens is 2. The Bertz CT molecular complexity index is 2270. The maximum absolute atomic E-state index is 6.89. The monoisotopic (exact) mass is 680 g/mol. The number of hydrogen-bond acceptors (Lipinski definition) is 0. The summed E-state index contributed by atoms with van der Waals surface area (Å²) in [5.41, 5.74) is 6.32. The molecular weight excluding hydrogens is 655 g/mol. The van der Waals surface area contributed by atoms with E-state index in [1.54, 1.807) is 0 Å². The molecule has 0 unspecified atom stereocenters. The molecule has 1 aromatic heterocycles. The summed E-state index contributed by atoms with van der Waals surface area (Å²) >= 11 is 13.8. The summed E-state index contributed by atoms with van der Waals surface area (Å²) in [5, 5.41) is 1.04. The molecule has 6 aromatic carbocycles. The Balaban J connectivity index is 1.63. The number of para-hydroxylation sites is 4. The van der Waals surface area contributed by atoms with Crippen LogP contribution in [0.25, 0.3) is 44.8 Å². The van der Waals surface area contributed by atoms with Gasteiger partial charge >= 0.3 is 0 Å². The highest BCUT2D eigenvalue weighted by Gasteiger charge is 2.05. The van der Waals surface area contributed by atoms with E-state index in [2.05, 4.69) is 49.1 Å². The zero-order chi connectivity index (χ0) is 34.1. The van der Waals surface area contributed by atoms with Crippen molar-refractivity contribution in [2.24, 2.45) is 0 Å². The molecule has 0 amide bonds. The second-order valence-corrected chi connectivity index (χ2v) is 11.7. The van der Waals surface area contributed by atoms with Crippen LogP contribution in [0.3, 0.4) is 0 Å². The molecule has 0 atom stereocenters. The molecular formula is C44H26Cl2N4. The van der Waals surface area contributed by atoms with E-state index in [1.807, 2.05) is 176 Å². The largest absolute Gasteiger partial charge is 0.269 e. The SMILES string of the molecule is Clc1ccc2cc1n(-c1ccccc1)c#cc#cn(-c1ccccc1)c1ccc(Cl)c(c1)n(-c1ccccc1)c#cc#cn2-c1ccccc1. The van der Waals surface area contributed by atoms with Crippen molar-refractivity contribution in [2.75, 3.05) is 0 Å². The van der Waals surface area contributed by atoms with Crippen LogP contribution in [0.5, 0.6) is 0 Å². The van der Waals surface area contributed by atoms with Crippen LogP contribution in [0.4, 0.5) is 0 Å². The lowest BCUT2D eigenvalue weighted by Gasteiger charge is -2.09. The van der Waals surface area contributed by atoms with Crippen LogP contribution >= 0.6 is 23.2 Å². The molecule has 0 aliphatic rings. The van der Waals surface area contributed by atoms with E-state index in [0.29, 0.717) is 21.1 Å². The fourth-order valence-electron chi connectivity index (χ4n) is 5.35. The van der Waals surface area contributed by atoms with Gasteiger partial charge in [0.1, 0.15) is 0 Å². The van der Waals surface area contributed by atoms with Gasteiger partial charge in [-0.2, -0.15) is 0 Å². The van der Waals surface area contributed by atoms with E-state index in [4.69, 9.17) is 23.2 Å². The van der Waals surface area contributed by atoms with Crippen LogP contribution in [-0.2, 0) is 0 Å². The van der Waals surface area contributed by atoms with E-state index in [1.165, 1.54) is 0 Å². The molecule has 0 fully saturated rings. The number of benzene rings is 6. The predicted molar refractivity (Wildman–Crippen MR) is 201 cm³/mol. The molecule has 0 aliphatic carbocycles. The van der Waals surface area contributed by atoms with Crippen molar-refractivity contribution in [3.05, 3.63) is 217 Å². The summed E-state index contributed by atoms with van der Waals surface area (Å²) < 4.78 is 7.44. The van der Waals surface area contributed by atoms with Gasteiger partial charge in [0.2, 0.25) is 0 Å². The average Bonchev–Trinajstić information content (AvgIpc) is 3.17. The molecule has 4 bridgehead atoms. The number of fused-ring (bicyclic) bond motifs is 4. The third kappa shape index (κ3) is 7.10. The lowest BCUT2D eigenvalue weighted by atomic mass is 10.2. The Kier molecular flexibility index (Phi) is 9.61. The minimum absolute atomic E-state index is 0.521. The summed E-state index contributed by atoms with van der Waals surface area (Å²) in [6.07, 6.45) is 13.0. The molecule has 0 radical (unpaired) electrons. The van der Waals surface area contributed by atoms with Crippen molar-refractivity contribution in [1.82, 2.24) is 18.3 Å². The molecule has 4 nitrogen and oxygen atoms in total. The predicted octanol–water partition coefficient (Wildman–Crippen LogP) is 10.8. The standard InChI is InChI=1S/C44H26Cl2N4/c45-41-27-25-39-33-43(41)49(37-21-9-3-10-22-37)32-16-14-30-48(36-19-7-2-8-20-36)40-26-28-42(46)44(34-40)50(38-23-11-4-12-24-38)31-15-13-29-47(39)35-17-5-1-6-18-35/h1-12,17-28,33-34H. The molecule has 7 rings (SSSR count). The molecule has 0 spiro atoms. The molecule has 0 N–H and O–H groups in total. The fraction of sp³-hybridized carbons (Fsp3) is 0. The van der Waals surface area contributed by atoms with E-state index in [0.717, 1.165) is 33.8 Å². The van der Waals surface area contributed by atoms with Gasteiger partial charge in [-0.25, -0.2) is 0 Å². The quantitative estimate of drug-likeness (QED) is 0.176. The van der Waals surface area contributed by atoms with Crippen molar-refractivity contribution in [3.63, 3.8) is 0 Å². The maximum Gasteiger partial charge on any atom is 0.0753 e. The van der Waals surface area contributed by atoms with Crippen LogP contribution < -0.4 is 0 Å².